The zero-order valence-corrected chi connectivity index (χ0v) is 26.4. The topological polar surface area (TPSA) is 80.3 Å². The molecule has 0 fully saturated rings. The highest BCUT2D eigenvalue weighted by Crippen LogP contribution is 2.30. The highest BCUT2D eigenvalue weighted by atomic mass is 28.5. The Morgan fingerprint density at radius 1 is 0.606 bits per heavy atom. The molecule has 7 nitrogen and oxygen atoms in total. The highest BCUT2D eigenvalue weighted by Gasteiger charge is 2.46. The second-order valence-corrected chi connectivity index (χ2v) is 26.8. The number of rotatable bonds is 16. The van der Waals surface area contributed by atoms with Crippen LogP contribution in [-0.4, -0.2) is 58.9 Å². The Labute approximate surface area is 205 Å². The summed E-state index contributed by atoms with van der Waals surface area (Å²) >= 11 is 0. The zero-order chi connectivity index (χ0) is 25.8. The number of hydrogen-bond donors (Lipinski definition) is 0. The Bertz CT molecular complexity index is 615. The maximum atomic E-state index is 11.6. The standard InChI is InChI=1S/C22H46O7Si4/c1-11-15-21(23)25-17-13-19-32(9,27-30(3,4)5)29-33(10,28-31(6,7)8)20-14-18-26-22(24)16-12-2/h11-12,15-16H,13-14,17-20H2,1-10H3. The van der Waals surface area contributed by atoms with Crippen molar-refractivity contribution in [2.45, 2.75) is 91.2 Å². The monoisotopic (exact) mass is 534 g/mol. The first-order valence-corrected chi connectivity index (χ1v) is 23.6. The third kappa shape index (κ3) is 17.3. The second-order valence-electron chi connectivity index (χ2n) is 10.3. The van der Waals surface area contributed by atoms with E-state index in [1.54, 1.807) is 26.0 Å². The molecule has 0 bridgehead atoms. The van der Waals surface area contributed by atoms with E-state index in [0.29, 0.717) is 38.1 Å². The van der Waals surface area contributed by atoms with Crippen LogP contribution in [0.2, 0.25) is 64.5 Å². The van der Waals surface area contributed by atoms with Crippen LogP contribution in [0.5, 0.6) is 0 Å². The van der Waals surface area contributed by atoms with Gasteiger partial charge in [-0.15, -0.1) is 0 Å². The van der Waals surface area contributed by atoms with Crippen LogP contribution in [0.15, 0.2) is 24.3 Å². The van der Waals surface area contributed by atoms with Crippen molar-refractivity contribution in [3.8, 4) is 0 Å². The van der Waals surface area contributed by atoms with Crippen LogP contribution < -0.4 is 0 Å². The molecule has 2 unspecified atom stereocenters. The molecule has 0 aliphatic rings. The van der Waals surface area contributed by atoms with E-state index in [4.69, 9.17) is 21.8 Å². The van der Waals surface area contributed by atoms with Gasteiger partial charge < -0.3 is 21.8 Å². The molecule has 0 aromatic rings. The maximum Gasteiger partial charge on any atom is 0.330 e. The Morgan fingerprint density at radius 2 is 0.939 bits per heavy atom. The highest BCUT2D eigenvalue weighted by molar-refractivity contribution is 6.89. The van der Waals surface area contributed by atoms with Gasteiger partial charge in [0.1, 0.15) is 0 Å². The molecule has 0 aromatic heterocycles. The molecule has 0 radical (unpaired) electrons. The number of carbonyl (C=O) groups is 2. The van der Waals surface area contributed by atoms with E-state index in [2.05, 4.69) is 52.4 Å². The lowest BCUT2D eigenvalue weighted by molar-refractivity contribution is -0.138. The van der Waals surface area contributed by atoms with E-state index in [1.165, 1.54) is 12.2 Å². The molecule has 0 amide bonds. The Morgan fingerprint density at radius 3 is 1.21 bits per heavy atom. The van der Waals surface area contributed by atoms with Gasteiger partial charge in [-0.3, -0.25) is 0 Å². The molecule has 0 saturated heterocycles. The summed E-state index contributed by atoms with van der Waals surface area (Å²) in [6.45, 7) is 21.4. The molecule has 0 heterocycles. The minimum Gasteiger partial charge on any atom is -0.463 e. The van der Waals surface area contributed by atoms with Crippen molar-refractivity contribution in [2.75, 3.05) is 13.2 Å². The summed E-state index contributed by atoms with van der Waals surface area (Å²) in [5.74, 6) is -0.664. The number of carbonyl (C=O) groups excluding carboxylic acids is 2. The molecule has 0 saturated carbocycles. The molecule has 11 heteroatoms. The molecule has 192 valence electrons. The lowest BCUT2D eigenvalue weighted by Gasteiger charge is -2.43. The van der Waals surface area contributed by atoms with Crippen LogP contribution >= 0.6 is 0 Å². The van der Waals surface area contributed by atoms with Gasteiger partial charge in [0, 0.05) is 12.2 Å². The molecule has 0 spiro atoms. The lowest BCUT2D eigenvalue weighted by atomic mass is 10.5. The lowest BCUT2D eigenvalue weighted by Crippen LogP contribution is -2.58. The zero-order valence-electron chi connectivity index (χ0n) is 22.4. The quantitative estimate of drug-likeness (QED) is 0.106. The van der Waals surface area contributed by atoms with Crippen molar-refractivity contribution in [3.05, 3.63) is 24.3 Å². The van der Waals surface area contributed by atoms with Crippen molar-refractivity contribution in [1.82, 2.24) is 0 Å². The van der Waals surface area contributed by atoms with Gasteiger partial charge in [-0.2, -0.15) is 0 Å². The van der Waals surface area contributed by atoms with Crippen molar-refractivity contribution in [1.29, 1.82) is 0 Å². The largest absolute Gasteiger partial charge is 0.463 e. The molecule has 33 heavy (non-hydrogen) atoms. The maximum absolute atomic E-state index is 11.6. The smallest absolute Gasteiger partial charge is 0.330 e. The molecule has 0 N–H and O–H groups in total. The predicted octanol–water partition coefficient (Wildman–Crippen LogP) is 5.87. The summed E-state index contributed by atoms with van der Waals surface area (Å²) in [6, 6.07) is 1.43. The SMILES string of the molecule is CC=CC(=O)OCCC[Si](C)(O[Si](C)(C)C)O[Si](C)(CCCOC(=O)C=CC)O[Si](C)(C)C. The van der Waals surface area contributed by atoms with E-state index in [9.17, 15) is 9.59 Å². The molecule has 0 rings (SSSR count). The van der Waals surface area contributed by atoms with E-state index < -0.39 is 33.8 Å². The van der Waals surface area contributed by atoms with E-state index in [0.717, 1.165) is 0 Å². The number of esters is 2. The van der Waals surface area contributed by atoms with Gasteiger partial charge in [0.25, 0.3) is 0 Å². The molecular formula is C22H46O7Si4. The fourth-order valence-electron chi connectivity index (χ4n) is 3.50. The fraction of sp³-hybridized carbons (Fsp3) is 0.727. The first-order valence-electron chi connectivity index (χ1n) is 11.7. The van der Waals surface area contributed by atoms with Crippen LogP contribution in [0.1, 0.15) is 26.7 Å². The van der Waals surface area contributed by atoms with E-state index >= 15 is 0 Å². The fourth-order valence-corrected chi connectivity index (χ4v) is 21.8. The van der Waals surface area contributed by atoms with Crippen LogP contribution in [0.3, 0.4) is 0 Å². The Hall–Kier alpha value is -0.832. The minimum absolute atomic E-state index is 0.332. The minimum atomic E-state index is -2.61. The summed E-state index contributed by atoms with van der Waals surface area (Å²) in [4.78, 5) is 23.2. The summed E-state index contributed by atoms with van der Waals surface area (Å²) in [5, 5.41) is 0. The van der Waals surface area contributed by atoms with Crippen molar-refractivity contribution in [3.63, 3.8) is 0 Å². The Balaban J connectivity index is 5.37. The average molecular weight is 535 g/mol. The summed E-state index contributed by atoms with van der Waals surface area (Å²) in [7, 11) is -9.00. The predicted molar refractivity (Wildman–Crippen MR) is 144 cm³/mol. The van der Waals surface area contributed by atoms with Crippen molar-refractivity contribution in [2.24, 2.45) is 0 Å². The summed E-state index contributed by atoms with van der Waals surface area (Å²) in [5.41, 5.74) is 0. The normalized spacial score (nSPS) is 16.5. The van der Waals surface area contributed by atoms with Gasteiger partial charge in [-0.25, -0.2) is 9.59 Å². The summed E-state index contributed by atoms with van der Waals surface area (Å²) in [6.07, 6.45) is 7.52. The van der Waals surface area contributed by atoms with E-state index in [-0.39, 0.29) is 11.9 Å². The number of allylic oxidation sites excluding steroid dienone is 2. The van der Waals surface area contributed by atoms with Crippen LogP contribution in [0.4, 0.5) is 0 Å². The van der Waals surface area contributed by atoms with Gasteiger partial charge >= 0.3 is 29.1 Å². The molecule has 0 aliphatic heterocycles. The second kappa shape index (κ2) is 14.5. The summed E-state index contributed by atoms with van der Waals surface area (Å²) < 4.78 is 30.7. The van der Waals surface area contributed by atoms with E-state index in [1.807, 2.05) is 0 Å². The number of hydrogen-bond acceptors (Lipinski definition) is 7. The van der Waals surface area contributed by atoms with Crippen LogP contribution in [-0.2, 0) is 31.4 Å². The van der Waals surface area contributed by atoms with Crippen molar-refractivity contribution < 1.29 is 31.4 Å². The van der Waals surface area contributed by atoms with Gasteiger partial charge in [-0.05, 0) is 91.2 Å². The first kappa shape index (κ1) is 32.2. The third-order valence-electron chi connectivity index (χ3n) is 4.12. The van der Waals surface area contributed by atoms with Crippen molar-refractivity contribution >= 4 is 45.7 Å². The van der Waals surface area contributed by atoms with Gasteiger partial charge in [0.2, 0.25) is 0 Å². The van der Waals surface area contributed by atoms with Gasteiger partial charge in [0.15, 0.2) is 16.6 Å². The molecule has 0 aliphatic carbocycles. The van der Waals surface area contributed by atoms with Gasteiger partial charge in [0.05, 0.1) is 13.2 Å². The average Bonchev–Trinajstić information content (AvgIpc) is 2.59. The molecular weight excluding hydrogens is 489 g/mol. The first-order chi connectivity index (χ1) is 15.0. The molecule has 2 atom stereocenters. The number of ether oxygens (including phenoxy) is 2. The van der Waals surface area contributed by atoms with Crippen LogP contribution in [0, 0.1) is 0 Å². The third-order valence-corrected chi connectivity index (χ3v) is 18.5. The van der Waals surface area contributed by atoms with Gasteiger partial charge in [-0.1, -0.05) is 12.2 Å². The molecule has 0 aromatic carbocycles. The van der Waals surface area contributed by atoms with Crippen LogP contribution in [0.25, 0.3) is 0 Å². The Kier molecular flexibility index (Phi) is 14.2.